The van der Waals surface area contributed by atoms with E-state index in [1.54, 1.807) is 43.5 Å². The van der Waals surface area contributed by atoms with Crippen LogP contribution in [0.5, 0.6) is 23.0 Å². The smallest absolute Gasteiger partial charge is 0.119 e. The zero-order valence-corrected chi connectivity index (χ0v) is 20.5. The van der Waals surface area contributed by atoms with E-state index in [1.807, 2.05) is 54.6 Å². The molecule has 0 aliphatic carbocycles. The Morgan fingerprint density at radius 1 is 0.432 bits per heavy atom. The minimum absolute atomic E-state index is 0.0504. The third-order valence-corrected chi connectivity index (χ3v) is 6.71. The van der Waals surface area contributed by atoms with Gasteiger partial charge in [-0.25, -0.2) is 0 Å². The minimum Gasteiger partial charge on any atom is -0.508 e. The Morgan fingerprint density at radius 2 is 0.757 bits per heavy atom. The second-order valence-corrected chi connectivity index (χ2v) is 9.08. The number of aromatic hydroxyl groups is 3. The summed E-state index contributed by atoms with van der Waals surface area (Å²) in [6.07, 6.45) is 0. The van der Waals surface area contributed by atoms with E-state index >= 15 is 0 Å². The highest BCUT2D eigenvalue weighted by molar-refractivity contribution is 5.50. The van der Waals surface area contributed by atoms with E-state index in [0.29, 0.717) is 0 Å². The minimum atomic E-state index is -0.0702. The van der Waals surface area contributed by atoms with Gasteiger partial charge in [0, 0.05) is 11.8 Å². The second-order valence-electron chi connectivity index (χ2n) is 9.08. The number of ether oxygens (including phenoxy) is 1. The van der Waals surface area contributed by atoms with Crippen LogP contribution in [0.1, 0.15) is 45.2 Å². The molecule has 3 N–H and O–H groups in total. The Hall–Kier alpha value is -4.70. The van der Waals surface area contributed by atoms with Crippen LogP contribution in [0.15, 0.2) is 121 Å². The molecule has 5 aromatic rings. The van der Waals surface area contributed by atoms with Crippen LogP contribution >= 0.6 is 0 Å². The largest absolute Gasteiger partial charge is 0.508 e. The van der Waals surface area contributed by atoms with E-state index in [0.717, 1.165) is 39.1 Å². The lowest BCUT2D eigenvalue weighted by molar-refractivity contribution is 0.414. The normalized spacial score (nSPS) is 11.8. The number of hydrogen-bond donors (Lipinski definition) is 3. The average Bonchev–Trinajstić information content (AvgIpc) is 2.93. The highest BCUT2D eigenvalue weighted by atomic mass is 16.5. The summed E-state index contributed by atoms with van der Waals surface area (Å²) in [7, 11) is 1.66. The fraction of sp³-hybridized carbons (Fsp3) is 0.0909. The lowest BCUT2D eigenvalue weighted by atomic mass is 9.81. The molecule has 4 nitrogen and oxygen atoms in total. The molecular formula is C33H28O4. The van der Waals surface area contributed by atoms with Crippen molar-refractivity contribution in [2.45, 2.75) is 11.8 Å². The van der Waals surface area contributed by atoms with E-state index in [-0.39, 0.29) is 29.1 Å². The summed E-state index contributed by atoms with van der Waals surface area (Å²) in [5, 5.41) is 29.5. The van der Waals surface area contributed by atoms with Gasteiger partial charge in [-0.1, -0.05) is 72.8 Å². The molecule has 5 rings (SSSR count). The molecular weight excluding hydrogens is 460 g/mol. The summed E-state index contributed by atoms with van der Waals surface area (Å²) >= 11 is 0. The van der Waals surface area contributed by atoms with Crippen molar-refractivity contribution >= 4 is 0 Å². The Kier molecular flexibility index (Phi) is 6.82. The standard InChI is InChI=1S/C33H28O4/c1-37-31-4-2-3-27(21-31)33(26-13-19-30(36)20-14-26)23-7-5-22(6-8-23)32(24-9-15-28(34)16-10-24)25-11-17-29(35)18-12-25/h2-21,32-36H,1H3. The number of rotatable bonds is 7. The van der Waals surface area contributed by atoms with Crippen molar-refractivity contribution in [3.05, 3.63) is 155 Å². The second kappa shape index (κ2) is 10.5. The molecule has 0 aliphatic rings. The van der Waals surface area contributed by atoms with Crippen LogP contribution in [0, 0.1) is 0 Å². The lowest BCUT2D eigenvalue weighted by Gasteiger charge is -2.22. The Labute approximate surface area is 216 Å². The van der Waals surface area contributed by atoms with Crippen molar-refractivity contribution in [3.8, 4) is 23.0 Å². The summed E-state index contributed by atoms with van der Waals surface area (Å²) in [6.45, 7) is 0. The molecule has 0 heterocycles. The first-order valence-electron chi connectivity index (χ1n) is 12.1. The molecule has 0 amide bonds. The molecule has 37 heavy (non-hydrogen) atoms. The molecule has 1 atom stereocenters. The molecule has 0 saturated carbocycles. The Bertz CT molecular complexity index is 1410. The molecule has 0 saturated heterocycles. The van der Waals surface area contributed by atoms with Gasteiger partial charge in [0.05, 0.1) is 7.11 Å². The lowest BCUT2D eigenvalue weighted by Crippen LogP contribution is -2.06. The van der Waals surface area contributed by atoms with Crippen LogP contribution in [0.25, 0.3) is 0 Å². The zero-order valence-electron chi connectivity index (χ0n) is 20.5. The first kappa shape index (κ1) is 24.0. The van der Waals surface area contributed by atoms with Gasteiger partial charge in [-0.2, -0.15) is 0 Å². The molecule has 0 bridgehead atoms. The van der Waals surface area contributed by atoms with Gasteiger partial charge in [-0.15, -0.1) is 0 Å². The number of benzene rings is 5. The van der Waals surface area contributed by atoms with Gasteiger partial charge >= 0.3 is 0 Å². The third-order valence-electron chi connectivity index (χ3n) is 6.71. The highest BCUT2D eigenvalue weighted by Gasteiger charge is 2.21. The molecule has 4 heteroatoms. The highest BCUT2D eigenvalue weighted by Crippen LogP contribution is 2.37. The number of methoxy groups -OCH3 is 1. The van der Waals surface area contributed by atoms with Crippen LogP contribution in [-0.2, 0) is 0 Å². The number of phenolic OH excluding ortho intramolecular Hbond substituents is 3. The molecule has 0 spiro atoms. The van der Waals surface area contributed by atoms with Gasteiger partial charge < -0.3 is 20.1 Å². The van der Waals surface area contributed by atoms with Gasteiger partial charge in [0.25, 0.3) is 0 Å². The quantitative estimate of drug-likeness (QED) is 0.212. The predicted molar refractivity (Wildman–Crippen MR) is 146 cm³/mol. The monoisotopic (exact) mass is 488 g/mol. The van der Waals surface area contributed by atoms with E-state index < -0.39 is 0 Å². The van der Waals surface area contributed by atoms with Crippen LogP contribution in [0.4, 0.5) is 0 Å². The van der Waals surface area contributed by atoms with Crippen LogP contribution < -0.4 is 4.74 Å². The van der Waals surface area contributed by atoms with Crippen molar-refractivity contribution < 1.29 is 20.1 Å². The van der Waals surface area contributed by atoms with Gasteiger partial charge in [-0.05, 0) is 81.9 Å². The molecule has 1 unspecified atom stereocenters. The molecule has 0 fully saturated rings. The van der Waals surface area contributed by atoms with Crippen molar-refractivity contribution in [2.24, 2.45) is 0 Å². The van der Waals surface area contributed by atoms with Crippen molar-refractivity contribution in [1.82, 2.24) is 0 Å². The number of hydrogen-bond acceptors (Lipinski definition) is 4. The number of phenols is 3. The maximum absolute atomic E-state index is 9.86. The first-order valence-corrected chi connectivity index (χ1v) is 12.1. The molecule has 0 radical (unpaired) electrons. The molecule has 5 aromatic carbocycles. The molecule has 0 aliphatic heterocycles. The van der Waals surface area contributed by atoms with E-state index in [1.165, 1.54) is 0 Å². The maximum Gasteiger partial charge on any atom is 0.119 e. The summed E-state index contributed by atoms with van der Waals surface area (Å²) in [4.78, 5) is 0. The van der Waals surface area contributed by atoms with Crippen LogP contribution in [-0.4, -0.2) is 22.4 Å². The van der Waals surface area contributed by atoms with Crippen molar-refractivity contribution in [1.29, 1.82) is 0 Å². The van der Waals surface area contributed by atoms with Crippen molar-refractivity contribution in [2.75, 3.05) is 7.11 Å². The van der Waals surface area contributed by atoms with Crippen LogP contribution in [0.2, 0.25) is 0 Å². The summed E-state index contributed by atoms with van der Waals surface area (Å²) in [5.74, 6) is 1.34. The first-order chi connectivity index (χ1) is 18.0. The van der Waals surface area contributed by atoms with E-state index in [4.69, 9.17) is 4.74 Å². The van der Waals surface area contributed by atoms with Gasteiger partial charge in [0.15, 0.2) is 0 Å². The maximum atomic E-state index is 9.86. The van der Waals surface area contributed by atoms with Gasteiger partial charge in [0.2, 0.25) is 0 Å². The average molecular weight is 489 g/mol. The fourth-order valence-corrected chi connectivity index (χ4v) is 4.86. The topological polar surface area (TPSA) is 69.9 Å². The SMILES string of the molecule is COc1cccc(C(c2ccc(O)cc2)c2ccc(C(c3ccc(O)cc3)c3ccc(O)cc3)cc2)c1. The van der Waals surface area contributed by atoms with Crippen molar-refractivity contribution in [3.63, 3.8) is 0 Å². The fourth-order valence-electron chi connectivity index (χ4n) is 4.86. The summed E-state index contributed by atoms with van der Waals surface area (Å²) < 4.78 is 5.49. The van der Waals surface area contributed by atoms with Crippen LogP contribution in [0.3, 0.4) is 0 Å². The Morgan fingerprint density at radius 3 is 1.11 bits per heavy atom. The summed E-state index contributed by atoms with van der Waals surface area (Å²) in [6, 6.07) is 38.4. The van der Waals surface area contributed by atoms with E-state index in [9.17, 15) is 15.3 Å². The van der Waals surface area contributed by atoms with Gasteiger partial charge in [-0.3, -0.25) is 0 Å². The zero-order chi connectivity index (χ0) is 25.8. The third kappa shape index (κ3) is 5.29. The molecule has 184 valence electrons. The molecule has 0 aromatic heterocycles. The van der Waals surface area contributed by atoms with Gasteiger partial charge in [0.1, 0.15) is 23.0 Å². The van der Waals surface area contributed by atoms with E-state index in [2.05, 4.69) is 30.3 Å². The Balaban J connectivity index is 1.58. The summed E-state index contributed by atoms with van der Waals surface area (Å²) in [5.41, 5.74) is 6.44. The predicted octanol–water partition coefficient (Wildman–Crippen LogP) is 7.17.